The molecule has 1 aromatic carbocycles. The molecule has 2 aromatic heterocycles. The van der Waals surface area contributed by atoms with E-state index in [1.54, 1.807) is 7.05 Å². The predicted octanol–water partition coefficient (Wildman–Crippen LogP) is 2.50. The van der Waals surface area contributed by atoms with Gasteiger partial charge >= 0.3 is 5.69 Å². The number of rotatable bonds is 4. The van der Waals surface area contributed by atoms with Crippen LogP contribution in [0, 0.1) is 6.92 Å². The van der Waals surface area contributed by atoms with Crippen molar-refractivity contribution in [3.8, 4) is 11.4 Å². The zero-order valence-electron chi connectivity index (χ0n) is 18.6. The summed E-state index contributed by atoms with van der Waals surface area (Å²) in [5, 5.41) is 0.684. The average molecular weight is 454 g/mol. The number of hydrogen-bond donors (Lipinski definition) is 0. The van der Waals surface area contributed by atoms with E-state index in [1.165, 1.54) is 23.4 Å². The van der Waals surface area contributed by atoms with Gasteiger partial charge in [-0.2, -0.15) is 0 Å². The molecule has 0 bridgehead atoms. The average Bonchev–Trinajstić information content (AvgIpc) is 3.09. The lowest BCUT2D eigenvalue weighted by Crippen LogP contribution is -2.38. The van der Waals surface area contributed by atoms with E-state index >= 15 is 0 Å². The smallest absolute Gasteiger partial charge is 0.332 e. The lowest BCUT2D eigenvalue weighted by molar-refractivity contribution is -0.128. The van der Waals surface area contributed by atoms with Gasteiger partial charge in [-0.15, -0.1) is 0 Å². The second-order valence-corrected chi connectivity index (χ2v) is 9.17. The highest BCUT2D eigenvalue weighted by Gasteiger charge is 2.21. The van der Waals surface area contributed by atoms with Crippen LogP contribution in [0.3, 0.4) is 0 Å². The molecule has 0 spiro atoms. The molecule has 0 radical (unpaired) electrons. The molecule has 1 saturated heterocycles. The van der Waals surface area contributed by atoms with Crippen LogP contribution in [0.5, 0.6) is 0 Å². The van der Waals surface area contributed by atoms with E-state index in [2.05, 4.69) is 9.97 Å². The number of thioether (sulfide) groups is 1. The van der Waals surface area contributed by atoms with Crippen molar-refractivity contribution in [3.05, 3.63) is 50.7 Å². The summed E-state index contributed by atoms with van der Waals surface area (Å²) in [6.07, 6.45) is 4.34. The minimum atomic E-state index is -0.455. The molecule has 0 unspecified atom stereocenters. The molecule has 168 valence electrons. The number of aryl methyl sites for hydroxylation is 2. The van der Waals surface area contributed by atoms with E-state index in [4.69, 9.17) is 0 Å². The third-order valence-corrected chi connectivity index (χ3v) is 6.83. The minimum absolute atomic E-state index is 0.0437. The number of carbonyl (C=O) groups excluding carboxylic acids is 1. The van der Waals surface area contributed by atoms with Crippen LogP contribution >= 0.6 is 11.8 Å². The highest BCUT2D eigenvalue weighted by Crippen LogP contribution is 2.26. The van der Waals surface area contributed by atoms with E-state index in [9.17, 15) is 14.4 Å². The van der Waals surface area contributed by atoms with E-state index in [-0.39, 0.29) is 22.7 Å². The van der Waals surface area contributed by atoms with Gasteiger partial charge in [0.15, 0.2) is 11.5 Å². The summed E-state index contributed by atoms with van der Waals surface area (Å²) in [7, 11) is 3.03. The molecule has 0 N–H and O–H groups in total. The number of aromatic nitrogens is 4. The SMILES string of the molecule is Cc1ccc(-c2nc(SCC(=O)N3CCCCCC3)c3c(=O)n(C)c(=O)n(C)c3n2)cc1. The van der Waals surface area contributed by atoms with Gasteiger partial charge in [-0.3, -0.25) is 18.7 Å². The summed E-state index contributed by atoms with van der Waals surface area (Å²) < 4.78 is 2.41. The number of fused-ring (bicyclic) bond motifs is 1. The molecule has 1 aliphatic heterocycles. The molecule has 4 rings (SSSR count). The number of carbonyl (C=O) groups is 1. The second-order valence-electron chi connectivity index (χ2n) is 8.21. The maximum atomic E-state index is 13.0. The van der Waals surface area contributed by atoms with Crippen molar-refractivity contribution in [1.29, 1.82) is 0 Å². The van der Waals surface area contributed by atoms with Crippen LogP contribution in [0.2, 0.25) is 0 Å². The zero-order chi connectivity index (χ0) is 22.8. The van der Waals surface area contributed by atoms with Crippen LogP contribution in [0.1, 0.15) is 31.2 Å². The summed E-state index contributed by atoms with van der Waals surface area (Å²) in [6.45, 7) is 3.54. The fourth-order valence-electron chi connectivity index (χ4n) is 3.91. The van der Waals surface area contributed by atoms with Crippen molar-refractivity contribution in [2.75, 3.05) is 18.8 Å². The molecule has 0 saturated carbocycles. The molecular formula is C23H27N5O3S. The highest BCUT2D eigenvalue weighted by atomic mass is 32.2. The van der Waals surface area contributed by atoms with Gasteiger partial charge in [-0.25, -0.2) is 14.8 Å². The molecule has 8 nitrogen and oxygen atoms in total. The molecule has 32 heavy (non-hydrogen) atoms. The first-order chi connectivity index (χ1) is 15.4. The van der Waals surface area contributed by atoms with Crippen LogP contribution < -0.4 is 11.2 Å². The van der Waals surface area contributed by atoms with Gasteiger partial charge in [0.1, 0.15) is 10.4 Å². The van der Waals surface area contributed by atoms with Crippen LogP contribution in [-0.2, 0) is 18.9 Å². The number of likely N-dealkylation sites (tertiary alicyclic amines) is 1. The van der Waals surface area contributed by atoms with Gasteiger partial charge in [0.25, 0.3) is 5.56 Å². The predicted molar refractivity (Wildman–Crippen MR) is 126 cm³/mol. The molecule has 1 amide bonds. The Balaban J connectivity index is 1.78. The zero-order valence-corrected chi connectivity index (χ0v) is 19.4. The van der Waals surface area contributed by atoms with E-state index < -0.39 is 11.2 Å². The quantitative estimate of drug-likeness (QED) is 0.445. The molecule has 9 heteroatoms. The monoisotopic (exact) mass is 453 g/mol. The van der Waals surface area contributed by atoms with Gasteiger partial charge in [-0.05, 0) is 19.8 Å². The van der Waals surface area contributed by atoms with Gasteiger partial charge in [0.2, 0.25) is 5.91 Å². The van der Waals surface area contributed by atoms with Gasteiger partial charge in [-0.1, -0.05) is 54.4 Å². The number of hydrogen-bond acceptors (Lipinski definition) is 6. The van der Waals surface area contributed by atoms with Gasteiger partial charge < -0.3 is 4.90 Å². The Morgan fingerprint density at radius 3 is 2.28 bits per heavy atom. The lowest BCUT2D eigenvalue weighted by Gasteiger charge is -2.20. The Labute approximate surface area is 190 Å². The molecule has 0 atom stereocenters. The summed E-state index contributed by atoms with van der Waals surface area (Å²) in [5.74, 6) is 0.651. The van der Waals surface area contributed by atoms with Crippen molar-refractivity contribution in [2.24, 2.45) is 14.1 Å². The molecule has 3 heterocycles. The van der Waals surface area contributed by atoms with Crippen molar-refractivity contribution in [3.63, 3.8) is 0 Å². The Kier molecular flexibility index (Phi) is 6.45. The maximum absolute atomic E-state index is 13.0. The van der Waals surface area contributed by atoms with Crippen LogP contribution in [0.15, 0.2) is 38.9 Å². The lowest BCUT2D eigenvalue weighted by atomic mass is 10.1. The van der Waals surface area contributed by atoms with Crippen LogP contribution in [0.4, 0.5) is 0 Å². The third kappa shape index (κ3) is 4.34. The number of amides is 1. The molecule has 1 fully saturated rings. The summed E-state index contributed by atoms with van der Waals surface area (Å²) in [5.41, 5.74) is 1.25. The third-order valence-electron chi connectivity index (χ3n) is 5.87. The van der Waals surface area contributed by atoms with Crippen LogP contribution in [-0.4, -0.2) is 48.8 Å². The van der Waals surface area contributed by atoms with Crippen molar-refractivity contribution >= 4 is 28.7 Å². The van der Waals surface area contributed by atoms with Crippen molar-refractivity contribution < 1.29 is 4.79 Å². The Hall–Kier alpha value is -2.94. The van der Waals surface area contributed by atoms with E-state index in [1.807, 2.05) is 36.1 Å². The summed E-state index contributed by atoms with van der Waals surface area (Å²) in [6, 6.07) is 7.74. The van der Waals surface area contributed by atoms with Gasteiger partial charge in [0, 0.05) is 32.7 Å². The normalized spacial score (nSPS) is 14.5. The molecular weight excluding hydrogens is 426 g/mol. The molecule has 1 aliphatic rings. The highest BCUT2D eigenvalue weighted by molar-refractivity contribution is 8.00. The summed E-state index contributed by atoms with van der Waals surface area (Å²) >= 11 is 1.24. The first kappa shape index (κ1) is 22.3. The maximum Gasteiger partial charge on any atom is 0.332 e. The standard InChI is InChI=1S/C23H27N5O3S/c1-15-8-10-16(11-9-15)19-24-20-18(22(30)27(3)23(31)26(20)2)21(25-19)32-14-17(29)28-12-6-4-5-7-13-28/h8-11H,4-7,12-14H2,1-3H3. The first-order valence-electron chi connectivity index (χ1n) is 10.8. The second kappa shape index (κ2) is 9.28. The minimum Gasteiger partial charge on any atom is -0.342 e. The Morgan fingerprint density at radius 1 is 0.969 bits per heavy atom. The van der Waals surface area contributed by atoms with Crippen LogP contribution in [0.25, 0.3) is 22.4 Å². The Morgan fingerprint density at radius 2 is 1.62 bits per heavy atom. The number of benzene rings is 1. The fourth-order valence-corrected chi connectivity index (χ4v) is 4.82. The molecule has 0 aliphatic carbocycles. The molecule has 3 aromatic rings. The largest absolute Gasteiger partial charge is 0.342 e. The van der Waals surface area contributed by atoms with Crippen molar-refractivity contribution in [1.82, 2.24) is 24.0 Å². The van der Waals surface area contributed by atoms with E-state index in [0.29, 0.717) is 10.9 Å². The Bertz CT molecular complexity index is 1270. The summed E-state index contributed by atoms with van der Waals surface area (Å²) in [4.78, 5) is 49.4. The van der Waals surface area contributed by atoms with Gasteiger partial charge in [0.05, 0.1) is 5.75 Å². The first-order valence-corrected chi connectivity index (χ1v) is 11.8. The number of nitrogens with zero attached hydrogens (tertiary/aromatic N) is 5. The fraction of sp³-hybridized carbons (Fsp3) is 0.435. The topological polar surface area (TPSA) is 90.1 Å². The van der Waals surface area contributed by atoms with E-state index in [0.717, 1.165) is 54.5 Å². The van der Waals surface area contributed by atoms with Crippen molar-refractivity contribution in [2.45, 2.75) is 37.6 Å².